The molecular weight excluding hydrogens is 280 g/mol. The van der Waals surface area contributed by atoms with Crippen molar-refractivity contribution in [3.8, 4) is 11.5 Å². The smallest absolute Gasteiger partial charge is 0.231 e. The average molecular weight is 300 g/mol. The van der Waals surface area contributed by atoms with Crippen molar-refractivity contribution in [2.75, 3.05) is 24.0 Å². The zero-order valence-corrected chi connectivity index (χ0v) is 12.8. The van der Waals surface area contributed by atoms with E-state index in [0.29, 0.717) is 5.95 Å². The number of fused-ring (bicyclic) bond motifs is 1. The lowest BCUT2D eigenvalue weighted by molar-refractivity contribution is 0.174. The lowest BCUT2D eigenvalue weighted by atomic mass is 10.3. The van der Waals surface area contributed by atoms with E-state index in [-0.39, 0.29) is 6.79 Å². The van der Waals surface area contributed by atoms with Crippen molar-refractivity contribution in [1.29, 1.82) is 0 Å². The van der Waals surface area contributed by atoms with Crippen molar-refractivity contribution in [2.24, 2.45) is 0 Å². The van der Waals surface area contributed by atoms with Gasteiger partial charge in [0, 0.05) is 30.1 Å². The predicted molar refractivity (Wildman–Crippen MR) is 86.0 cm³/mol. The SMILES string of the molecule is CCCCNc1cc(C)nc(Nc2ccc3c(c2)OCO3)n1. The molecular formula is C16H20N4O2. The molecule has 116 valence electrons. The summed E-state index contributed by atoms with van der Waals surface area (Å²) in [4.78, 5) is 8.91. The van der Waals surface area contributed by atoms with Crippen molar-refractivity contribution < 1.29 is 9.47 Å². The molecule has 2 heterocycles. The summed E-state index contributed by atoms with van der Waals surface area (Å²) < 4.78 is 10.7. The third kappa shape index (κ3) is 3.39. The van der Waals surface area contributed by atoms with Gasteiger partial charge in [-0.05, 0) is 25.5 Å². The van der Waals surface area contributed by atoms with Crippen molar-refractivity contribution in [3.05, 3.63) is 30.0 Å². The van der Waals surface area contributed by atoms with Crippen LogP contribution in [0.4, 0.5) is 17.5 Å². The summed E-state index contributed by atoms with van der Waals surface area (Å²) in [5, 5.41) is 6.53. The number of nitrogens with zero attached hydrogens (tertiary/aromatic N) is 2. The van der Waals surface area contributed by atoms with Crippen LogP contribution in [0.3, 0.4) is 0 Å². The second kappa shape index (κ2) is 6.51. The molecule has 0 spiro atoms. The van der Waals surface area contributed by atoms with Crippen molar-refractivity contribution >= 4 is 17.5 Å². The largest absolute Gasteiger partial charge is 0.454 e. The van der Waals surface area contributed by atoms with E-state index < -0.39 is 0 Å². The number of aryl methyl sites for hydroxylation is 1. The molecule has 6 heteroatoms. The first-order chi connectivity index (χ1) is 10.7. The third-order valence-electron chi connectivity index (χ3n) is 3.32. The molecule has 0 saturated carbocycles. The Morgan fingerprint density at radius 3 is 2.86 bits per heavy atom. The first kappa shape index (κ1) is 14.4. The number of anilines is 3. The summed E-state index contributed by atoms with van der Waals surface area (Å²) in [6.07, 6.45) is 2.27. The Morgan fingerprint density at radius 2 is 2.00 bits per heavy atom. The van der Waals surface area contributed by atoms with Crippen LogP contribution >= 0.6 is 0 Å². The second-order valence-electron chi connectivity index (χ2n) is 5.19. The van der Waals surface area contributed by atoms with Crippen LogP contribution in [0.5, 0.6) is 11.5 Å². The second-order valence-corrected chi connectivity index (χ2v) is 5.19. The van der Waals surface area contributed by atoms with E-state index in [4.69, 9.17) is 9.47 Å². The molecule has 3 rings (SSSR count). The van der Waals surface area contributed by atoms with Crippen LogP contribution in [0.25, 0.3) is 0 Å². The maximum absolute atomic E-state index is 5.37. The minimum absolute atomic E-state index is 0.269. The maximum atomic E-state index is 5.37. The first-order valence-corrected chi connectivity index (χ1v) is 7.51. The minimum atomic E-state index is 0.269. The van der Waals surface area contributed by atoms with Crippen LogP contribution in [0, 0.1) is 6.92 Å². The van der Waals surface area contributed by atoms with E-state index in [1.165, 1.54) is 0 Å². The summed E-state index contributed by atoms with van der Waals surface area (Å²) in [5.41, 5.74) is 1.78. The molecule has 1 aliphatic rings. The highest BCUT2D eigenvalue weighted by atomic mass is 16.7. The highest BCUT2D eigenvalue weighted by Gasteiger charge is 2.13. The number of hydrogen-bond acceptors (Lipinski definition) is 6. The Labute approximate surface area is 129 Å². The number of hydrogen-bond donors (Lipinski definition) is 2. The Hall–Kier alpha value is -2.50. The molecule has 22 heavy (non-hydrogen) atoms. The van der Waals surface area contributed by atoms with Gasteiger partial charge in [-0.1, -0.05) is 13.3 Å². The van der Waals surface area contributed by atoms with Gasteiger partial charge in [0.2, 0.25) is 12.7 Å². The van der Waals surface area contributed by atoms with Crippen molar-refractivity contribution in [3.63, 3.8) is 0 Å². The van der Waals surface area contributed by atoms with Gasteiger partial charge in [-0.3, -0.25) is 0 Å². The van der Waals surface area contributed by atoms with E-state index in [2.05, 4.69) is 27.5 Å². The Balaban J connectivity index is 1.74. The molecule has 2 N–H and O–H groups in total. The third-order valence-corrected chi connectivity index (χ3v) is 3.32. The van der Waals surface area contributed by atoms with Crippen molar-refractivity contribution in [2.45, 2.75) is 26.7 Å². The van der Waals surface area contributed by atoms with Gasteiger partial charge in [0.05, 0.1) is 0 Å². The lowest BCUT2D eigenvalue weighted by Gasteiger charge is -2.10. The van der Waals surface area contributed by atoms with Crippen LogP contribution in [0.2, 0.25) is 0 Å². The fraction of sp³-hybridized carbons (Fsp3) is 0.375. The van der Waals surface area contributed by atoms with E-state index >= 15 is 0 Å². The van der Waals surface area contributed by atoms with Crippen LogP contribution in [-0.2, 0) is 0 Å². The Kier molecular flexibility index (Phi) is 4.27. The minimum Gasteiger partial charge on any atom is -0.454 e. The summed E-state index contributed by atoms with van der Waals surface area (Å²) in [7, 11) is 0. The van der Waals surface area contributed by atoms with E-state index in [0.717, 1.165) is 48.1 Å². The lowest BCUT2D eigenvalue weighted by Crippen LogP contribution is -2.06. The van der Waals surface area contributed by atoms with E-state index in [9.17, 15) is 0 Å². The number of benzene rings is 1. The number of ether oxygens (including phenoxy) is 2. The van der Waals surface area contributed by atoms with Gasteiger partial charge in [-0.25, -0.2) is 4.98 Å². The van der Waals surface area contributed by atoms with Gasteiger partial charge in [0.25, 0.3) is 0 Å². The molecule has 0 bridgehead atoms. The topological polar surface area (TPSA) is 68.3 Å². The van der Waals surface area contributed by atoms with Gasteiger partial charge in [-0.2, -0.15) is 4.98 Å². The molecule has 2 aromatic rings. The fourth-order valence-electron chi connectivity index (χ4n) is 2.21. The molecule has 0 unspecified atom stereocenters. The summed E-state index contributed by atoms with van der Waals surface area (Å²) >= 11 is 0. The number of rotatable bonds is 6. The molecule has 0 radical (unpaired) electrons. The van der Waals surface area contributed by atoms with E-state index in [1.54, 1.807) is 0 Å². The predicted octanol–water partition coefficient (Wildman–Crippen LogP) is 3.47. The number of nitrogens with one attached hydrogen (secondary N) is 2. The molecule has 6 nitrogen and oxygen atoms in total. The quantitative estimate of drug-likeness (QED) is 0.796. The monoisotopic (exact) mass is 300 g/mol. The fourth-order valence-corrected chi connectivity index (χ4v) is 2.21. The van der Waals surface area contributed by atoms with Gasteiger partial charge >= 0.3 is 0 Å². The molecule has 0 aliphatic carbocycles. The standard InChI is InChI=1S/C16H20N4O2/c1-3-4-7-17-15-8-11(2)18-16(20-15)19-12-5-6-13-14(9-12)22-10-21-13/h5-6,8-9H,3-4,7,10H2,1-2H3,(H2,17,18,19,20). The molecule has 0 amide bonds. The summed E-state index contributed by atoms with van der Waals surface area (Å²) in [5.74, 6) is 2.90. The zero-order valence-electron chi connectivity index (χ0n) is 12.8. The van der Waals surface area contributed by atoms with Gasteiger partial charge in [-0.15, -0.1) is 0 Å². The maximum Gasteiger partial charge on any atom is 0.231 e. The van der Waals surface area contributed by atoms with Gasteiger partial charge in [0.15, 0.2) is 11.5 Å². The van der Waals surface area contributed by atoms with Crippen LogP contribution < -0.4 is 20.1 Å². The highest BCUT2D eigenvalue weighted by molar-refractivity contribution is 5.61. The Bertz CT molecular complexity index is 661. The summed E-state index contributed by atoms with van der Waals surface area (Å²) in [6.45, 7) is 5.30. The number of aromatic nitrogens is 2. The molecule has 1 aliphatic heterocycles. The molecule has 1 aromatic heterocycles. The van der Waals surface area contributed by atoms with Crippen molar-refractivity contribution in [1.82, 2.24) is 9.97 Å². The van der Waals surface area contributed by atoms with Crippen LogP contribution in [0.1, 0.15) is 25.5 Å². The molecule has 0 saturated heterocycles. The van der Waals surface area contributed by atoms with Gasteiger partial charge < -0.3 is 20.1 Å². The molecule has 0 atom stereocenters. The normalized spacial score (nSPS) is 12.3. The molecule has 0 fully saturated rings. The molecule has 1 aromatic carbocycles. The van der Waals surface area contributed by atoms with Gasteiger partial charge in [0.1, 0.15) is 5.82 Å². The summed E-state index contributed by atoms with van der Waals surface area (Å²) in [6, 6.07) is 7.63. The first-order valence-electron chi connectivity index (χ1n) is 7.51. The highest BCUT2D eigenvalue weighted by Crippen LogP contribution is 2.34. The van der Waals surface area contributed by atoms with Crippen LogP contribution in [-0.4, -0.2) is 23.3 Å². The number of unbranched alkanes of at least 4 members (excludes halogenated alkanes) is 1. The van der Waals surface area contributed by atoms with E-state index in [1.807, 2.05) is 31.2 Å². The van der Waals surface area contributed by atoms with Crippen LogP contribution in [0.15, 0.2) is 24.3 Å². The average Bonchev–Trinajstić information content (AvgIpc) is 2.94. The zero-order chi connectivity index (χ0) is 15.4. The Morgan fingerprint density at radius 1 is 1.14 bits per heavy atom.